The van der Waals surface area contributed by atoms with E-state index in [1.165, 1.54) is 77.1 Å². The summed E-state index contributed by atoms with van der Waals surface area (Å²) in [6, 6.07) is 98.3. The molecule has 0 amide bonds. The number of hydrogen-bond donors (Lipinski definition) is 0. The molecule has 0 aliphatic heterocycles. The van der Waals surface area contributed by atoms with Gasteiger partial charge in [-0.05, 0) is 115 Å². The Kier molecular flexibility index (Phi) is 9.11. The molecule has 11 aromatic carbocycles. The van der Waals surface area contributed by atoms with E-state index in [9.17, 15) is 0 Å². The quantitative estimate of drug-likeness (QED) is 0.148. The Morgan fingerprint density at radius 3 is 1.67 bits per heavy atom. The molecule has 67 heavy (non-hydrogen) atoms. The molecule has 0 spiro atoms. The Balaban J connectivity index is 1.08. The lowest BCUT2D eigenvalue weighted by Crippen LogP contribution is -2.28. The van der Waals surface area contributed by atoms with Crippen molar-refractivity contribution in [1.29, 1.82) is 0 Å². The van der Waals surface area contributed by atoms with Crippen molar-refractivity contribution >= 4 is 49.6 Å². The van der Waals surface area contributed by atoms with E-state index < -0.39 is 5.41 Å². The lowest BCUT2D eigenvalue weighted by Gasteiger charge is -2.35. The molecule has 0 saturated carbocycles. The molecule has 0 unspecified atom stereocenters. The Morgan fingerprint density at radius 1 is 0.299 bits per heavy atom. The fraction of sp³-hybridized carbons (Fsp3) is 0.0154. The second kappa shape index (κ2) is 15.8. The van der Waals surface area contributed by atoms with Gasteiger partial charge in [-0.1, -0.05) is 212 Å². The molecule has 1 aliphatic carbocycles. The second-order valence-corrected chi connectivity index (χ2v) is 17.6. The summed E-state index contributed by atoms with van der Waals surface area (Å²) in [4.78, 5) is 2.47. The fourth-order valence-corrected chi connectivity index (χ4v) is 11.1. The van der Waals surface area contributed by atoms with E-state index in [4.69, 9.17) is 0 Å². The maximum absolute atomic E-state index is 2.47. The standard InChI is InChI=1S/C65H44N2/c1-4-20-46(21-5-1)55-29-13-16-33-62(55)67-63-34-17-14-31-58(63)59-40-38-54(44-64(59)67)66(52-28-18-23-48(42-52)49-36-35-45-19-10-11-22-47(45)41-49)53-37-39-57-56-30-12-15-32-60(56)65(61(57)43-53,50-24-6-2-7-25-50)51-26-8-3-9-27-51/h1-44H. The van der Waals surface area contributed by atoms with Crippen LogP contribution in [0.25, 0.3) is 71.6 Å². The molecule has 0 atom stereocenters. The number of anilines is 3. The van der Waals surface area contributed by atoms with Crippen LogP contribution in [0.3, 0.4) is 0 Å². The maximum Gasteiger partial charge on any atom is 0.0714 e. The van der Waals surface area contributed by atoms with Crippen LogP contribution in [0.1, 0.15) is 22.3 Å². The van der Waals surface area contributed by atoms with E-state index in [-0.39, 0.29) is 0 Å². The van der Waals surface area contributed by atoms with Crippen LogP contribution in [0.2, 0.25) is 0 Å². The van der Waals surface area contributed by atoms with E-state index >= 15 is 0 Å². The number of aromatic nitrogens is 1. The van der Waals surface area contributed by atoms with Gasteiger partial charge in [0.1, 0.15) is 0 Å². The zero-order valence-electron chi connectivity index (χ0n) is 36.8. The number of nitrogens with zero attached hydrogens (tertiary/aromatic N) is 2. The van der Waals surface area contributed by atoms with Gasteiger partial charge in [-0.25, -0.2) is 0 Å². The third kappa shape index (κ3) is 6.18. The van der Waals surface area contributed by atoms with Crippen LogP contribution in [0.15, 0.2) is 267 Å². The summed E-state index contributed by atoms with van der Waals surface area (Å²) < 4.78 is 2.47. The second-order valence-electron chi connectivity index (χ2n) is 17.6. The average molecular weight is 853 g/mol. The van der Waals surface area contributed by atoms with Crippen LogP contribution < -0.4 is 4.90 Å². The Hall–Kier alpha value is -8.72. The van der Waals surface area contributed by atoms with Crippen molar-refractivity contribution in [3.8, 4) is 39.1 Å². The van der Waals surface area contributed by atoms with Gasteiger partial charge in [-0.15, -0.1) is 0 Å². The molecular weight excluding hydrogens is 809 g/mol. The lowest BCUT2D eigenvalue weighted by atomic mass is 9.67. The Labute approximate surface area is 390 Å². The van der Waals surface area contributed by atoms with Crippen LogP contribution in [0, 0.1) is 0 Å². The van der Waals surface area contributed by atoms with Crippen molar-refractivity contribution in [2.24, 2.45) is 0 Å². The third-order valence-corrected chi connectivity index (χ3v) is 14.0. The minimum Gasteiger partial charge on any atom is -0.310 e. The summed E-state index contributed by atoms with van der Waals surface area (Å²) in [7, 11) is 0. The van der Waals surface area contributed by atoms with E-state index in [0.29, 0.717) is 0 Å². The van der Waals surface area contributed by atoms with Crippen LogP contribution in [0.5, 0.6) is 0 Å². The maximum atomic E-state index is 2.47. The van der Waals surface area contributed by atoms with Crippen molar-refractivity contribution < 1.29 is 0 Å². The molecule has 314 valence electrons. The molecular formula is C65H44N2. The predicted octanol–water partition coefficient (Wildman–Crippen LogP) is 17.1. The fourth-order valence-electron chi connectivity index (χ4n) is 11.1. The number of benzene rings is 11. The van der Waals surface area contributed by atoms with E-state index in [1.807, 2.05) is 0 Å². The molecule has 0 bridgehead atoms. The minimum atomic E-state index is -0.541. The first-order valence-corrected chi connectivity index (χ1v) is 23.2. The van der Waals surface area contributed by atoms with Gasteiger partial charge in [0.15, 0.2) is 0 Å². The van der Waals surface area contributed by atoms with E-state index in [2.05, 4.69) is 276 Å². The molecule has 13 rings (SSSR count). The molecule has 1 heterocycles. The molecule has 1 aliphatic rings. The van der Waals surface area contributed by atoms with Crippen molar-refractivity contribution in [3.05, 3.63) is 289 Å². The van der Waals surface area contributed by atoms with Crippen LogP contribution in [-0.4, -0.2) is 4.57 Å². The van der Waals surface area contributed by atoms with E-state index in [1.54, 1.807) is 0 Å². The molecule has 2 heteroatoms. The van der Waals surface area contributed by atoms with Crippen LogP contribution in [-0.2, 0) is 5.41 Å². The van der Waals surface area contributed by atoms with Gasteiger partial charge in [0, 0.05) is 33.4 Å². The SMILES string of the molecule is c1ccc(-c2ccccc2-n2c3ccccc3c3ccc(N(c4cccc(-c5ccc6ccccc6c5)c4)c4ccc5c(c4)C(c4ccccc4)(c4ccccc4)c4ccccc4-5)cc32)cc1. The van der Waals surface area contributed by atoms with E-state index in [0.717, 1.165) is 33.8 Å². The highest BCUT2D eigenvalue weighted by atomic mass is 15.1. The van der Waals surface area contributed by atoms with Gasteiger partial charge in [0.05, 0.1) is 22.1 Å². The first-order valence-electron chi connectivity index (χ1n) is 23.2. The summed E-state index contributed by atoms with van der Waals surface area (Å²) in [5.41, 5.74) is 18.5. The monoisotopic (exact) mass is 852 g/mol. The van der Waals surface area contributed by atoms with Gasteiger partial charge < -0.3 is 9.47 Å². The molecule has 0 fully saturated rings. The number of hydrogen-bond acceptors (Lipinski definition) is 1. The molecule has 1 aromatic heterocycles. The molecule has 0 radical (unpaired) electrons. The first-order chi connectivity index (χ1) is 33.2. The summed E-state index contributed by atoms with van der Waals surface area (Å²) in [6.45, 7) is 0. The highest BCUT2D eigenvalue weighted by Crippen LogP contribution is 2.57. The van der Waals surface area contributed by atoms with Gasteiger partial charge in [-0.3, -0.25) is 0 Å². The Morgan fingerprint density at radius 2 is 0.866 bits per heavy atom. The van der Waals surface area contributed by atoms with Crippen molar-refractivity contribution in [2.75, 3.05) is 4.90 Å². The molecule has 12 aromatic rings. The molecule has 0 N–H and O–H groups in total. The summed E-state index contributed by atoms with van der Waals surface area (Å²) in [6.07, 6.45) is 0. The molecule has 0 saturated heterocycles. The number of fused-ring (bicyclic) bond motifs is 7. The van der Waals surface area contributed by atoms with Gasteiger partial charge >= 0.3 is 0 Å². The van der Waals surface area contributed by atoms with Crippen molar-refractivity contribution in [3.63, 3.8) is 0 Å². The van der Waals surface area contributed by atoms with Gasteiger partial charge in [-0.2, -0.15) is 0 Å². The van der Waals surface area contributed by atoms with Gasteiger partial charge in [0.25, 0.3) is 0 Å². The minimum absolute atomic E-state index is 0.541. The van der Waals surface area contributed by atoms with Crippen LogP contribution in [0.4, 0.5) is 17.1 Å². The number of para-hydroxylation sites is 2. The highest BCUT2D eigenvalue weighted by Gasteiger charge is 2.46. The zero-order valence-corrected chi connectivity index (χ0v) is 36.8. The lowest BCUT2D eigenvalue weighted by molar-refractivity contribution is 0.768. The first kappa shape index (κ1) is 38.7. The van der Waals surface area contributed by atoms with Gasteiger partial charge in [0.2, 0.25) is 0 Å². The highest BCUT2D eigenvalue weighted by molar-refractivity contribution is 6.11. The number of rotatable bonds is 8. The zero-order chi connectivity index (χ0) is 44.3. The van der Waals surface area contributed by atoms with Crippen molar-refractivity contribution in [2.45, 2.75) is 5.41 Å². The molecule has 2 nitrogen and oxygen atoms in total. The third-order valence-electron chi connectivity index (χ3n) is 14.0. The smallest absolute Gasteiger partial charge is 0.0714 e. The normalized spacial score (nSPS) is 12.6. The van der Waals surface area contributed by atoms with Crippen molar-refractivity contribution in [1.82, 2.24) is 4.57 Å². The summed E-state index contributed by atoms with van der Waals surface area (Å²) in [5, 5.41) is 4.90. The largest absolute Gasteiger partial charge is 0.310 e. The van der Waals surface area contributed by atoms with Crippen LogP contribution >= 0.6 is 0 Å². The predicted molar refractivity (Wildman–Crippen MR) is 281 cm³/mol. The topological polar surface area (TPSA) is 8.17 Å². The summed E-state index contributed by atoms with van der Waals surface area (Å²) >= 11 is 0. The summed E-state index contributed by atoms with van der Waals surface area (Å²) in [5.74, 6) is 0. The average Bonchev–Trinajstić information content (AvgIpc) is 3.89. The Bertz CT molecular complexity index is 3770.